The molecule has 3 fully saturated rings. The smallest absolute Gasteiger partial charge is 0.329 e. The third-order valence-corrected chi connectivity index (χ3v) is 13.3. The number of aliphatic hydroxyl groups is 4. The number of nitrogens with zero attached hydrogens (tertiary/aromatic N) is 1. The van der Waals surface area contributed by atoms with Crippen LogP contribution >= 0.6 is 0 Å². The first-order valence-electron chi connectivity index (χ1n) is 21.7. The van der Waals surface area contributed by atoms with Gasteiger partial charge in [0.1, 0.15) is 24.0 Å². The summed E-state index contributed by atoms with van der Waals surface area (Å²) < 4.78 is 24.3. The summed E-state index contributed by atoms with van der Waals surface area (Å²) in [5, 5.41) is 44.1. The van der Waals surface area contributed by atoms with Gasteiger partial charge in [0.05, 0.1) is 24.4 Å². The number of piperidine rings is 1. The summed E-state index contributed by atoms with van der Waals surface area (Å²) in [6.45, 7) is 13.3. The lowest BCUT2D eigenvalue weighted by Gasteiger charge is -2.47. The van der Waals surface area contributed by atoms with Crippen LogP contribution in [-0.2, 0) is 38.1 Å². The summed E-state index contributed by atoms with van der Waals surface area (Å²) in [7, 11) is 3.06. The average Bonchev–Trinajstić information content (AvgIpc) is 3.18. The Morgan fingerprint density at radius 1 is 0.966 bits per heavy atom. The molecule has 4 aliphatic rings. The molecule has 0 spiro atoms. The number of amides is 1. The van der Waals surface area contributed by atoms with Gasteiger partial charge in [-0.2, -0.15) is 0 Å². The molecule has 4 N–H and O–H groups in total. The molecule has 0 aromatic heterocycles. The summed E-state index contributed by atoms with van der Waals surface area (Å²) in [5.74, 6) is -7.74. The number of methoxy groups -OCH3 is 2. The summed E-state index contributed by atoms with van der Waals surface area (Å²) in [5.41, 5.74) is 1.64. The first kappa shape index (κ1) is 48.1. The Kier molecular flexibility index (Phi) is 17.7. The number of fused-ring (bicyclic) bond motifs is 3. The molecule has 0 radical (unpaired) electrons. The summed E-state index contributed by atoms with van der Waals surface area (Å²) in [6.07, 6.45) is 3.85. The molecule has 2 saturated heterocycles. The first-order valence-corrected chi connectivity index (χ1v) is 21.7. The van der Waals surface area contributed by atoms with Crippen molar-refractivity contribution in [2.24, 2.45) is 41.4 Å². The van der Waals surface area contributed by atoms with Crippen molar-refractivity contribution in [1.29, 1.82) is 0 Å². The normalized spacial score (nSPS) is 40.7. The quantitative estimate of drug-likeness (QED) is 0.158. The van der Waals surface area contributed by atoms with E-state index in [9.17, 15) is 39.6 Å². The minimum Gasteiger partial charge on any atom is -0.456 e. The van der Waals surface area contributed by atoms with Crippen LogP contribution in [0.2, 0.25) is 0 Å². The third kappa shape index (κ3) is 11.6. The topological polar surface area (TPSA) is 189 Å². The zero-order valence-corrected chi connectivity index (χ0v) is 36.4. The van der Waals surface area contributed by atoms with Crippen molar-refractivity contribution >= 4 is 23.4 Å². The highest BCUT2D eigenvalue weighted by Gasteiger charge is 2.56. The van der Waals surface area contributed by atoms with Crippen LogP contribution in [0.1, 0.15) is 119 Å². The summed E-state index contributed by atoms with van der Waals surface area (Å²) in [6, 6.07) is -1.15. The number of ether oxygens (including phenoxy) is 4. The van der Waals surface area contributed by atoms with Crippen LogP contribution < -0.4 is 0 Å². The van der Waals surface area contributed by atoms with E-state index in [4.69, 9.17) is 18.9 Å². The maximum absolute atomic E-state index is 14.3. The van der Waals surface area contributed by atoms with Gasteiger partial charge in [-0.1, -0.05) is 52.3 Å². The molecule has 3 heterocycles. The maximum atomic E-state index is 14.3. The molecule has 14 atom stereocenters. The summed E-state index contributed by atoms with van der Waals surface area (Å²) in [4.78, 5) is 58.1. The van der Waals surface area contributed by atoms with Crippen LogP contribution in [0, 0.1) is 41.4 Å². The molecule has 1 saturated carbocycles. The summed E-state index contributed by atoms with van der Waals surface area (Å²) >= 11 is 0. The van der Waals surface area contributed by atoms with Crippen molar-refractivity contribution in [2.75, 3.05) is 27.4 Å². The largest absolute Gasteiger partial charge is 0.456 e. The molecule has 1 aliphatic carbocycles. The lowest BCUT2D eigenvalue weighted by Crippen LogP contribution is -2.64. The predicted molar refractivity (Wildman–Crippen MR) is 217 cm³/mol. The molecule has 330 valence electrons. The Labute approximate surface area is 345 Å². The lowest BCUT2D eigenvalue weighted by atomic mass is 9.78. The van der Waals surface area contributed by atoms with E-state index in [1.165, 1.54) is 19.1 Å². The number of cyclic esters (lactones) is 1. The highest BCUT2D eigenvalue weighted by Crippen LogP contribution is 2.39. The van der Waals surface area contributed by atoms with Crippen molar-refractivity contribution < 1.29 is 58.6 Å². The number of ketones is 2. The Morgan fingerprint density at radius 2 is 1.64 bits per heavy atom. The number of hydrogen-bond acceptors (Lipinski definition) is 12. The fourth-order valence-corrected chi connectivity index (χ4v) is 9.84. The van der Waals surface area contributed by atoms with Gasteiger partial charge in [-0.05, 0) is 101 Å². The van der Waals surface area contributed by atoms with Gasteiger partial charge in [0, 0.05) is 57.5 Å². The molecule has 3 aliphatic heterocycles. The lowest BCUT2D eigenvalue weighted by molar-refractivity contribution is -0.302. The molecule has 0 unspecified atom stereocenters. The third-order valence-electron chi connectivity index (χ3n) is 13.3. The van der Waals surface area contributed by atoms with Crippen molar-refractivity contribution in [3.05, 3.63) is 23.3 Å². The van der Waals surface area contributed by atoms with E-state index >= 15 is 0 Å². The van der Waals surface area contributed by atoms with Gasteiger partial charge in [-0.25, -0.2) is 4.79 Å². The number of Topliss-reactive ketones (excluding diaryl/α,β-unsaturated/α-hetero) is 2. The zero-order valence-electron chi connectivity index (χ0n) is 36.4. The van der Waals surface area contributed by atoms with Crippen LogP contribution in [0.5, 0.6) is 0 Å². The molecule has 4 rings (SSSR count). The maximum Gasteiger partial charge on any atom is 0.329 e. The molecule has 1 amide bonds. The second-order valence-corrected chi connectivity index (χ2v) is 18.5. The van der Waals surface area contributed by atoms with Crippen molar-refractivity contribution in [3.8, 4) is 0 Å². The molecular weight excluding hydrogens is 746 g/mol. The van der Waals surface area contributed by atoms with Crippen LogP contribution in [0.15, 0.2) is 23.3 Å². The van der Waals surface area contributed by atoms with E-state index in [1.54, 1.807) is 20.8 Å². The highest BCUT2D eigenvalue weighted by atomic mass is 16.7. The molecule has 58 heavy (non-hydrogen) atoms. The van der Waals surface area contributed by atoms with Gasteiger partial charge in [-0.3, -0.25) is 14.4 Å². The van der Waals surface area contributed by atoms with Crippen molar-refractivity contribution in [2.45, 2.75) is 168 Å². The van der Waals surface area contributed by atoms with Crippen molar-refractivity contribution in [3.63, 3.8) is 0 Å². The number of aliphatic hydroxyl groups excluding tert-OH is 3. The Balaban J connectivity index is 1.79. The minimum absolute atomic E-state index is 0.0227. The number of carbonyl (C=O) groups is 4. The fraction of sp³-hybridized carbons (Fsp3) is 0.822. The number of rotatable bonds is 7. The molecule has 13 nitrogen and oxygen atoms in total. The molecule has 0 aromatic rings. The second kappa shape index (κ2) is 21.3. The van der Waals surface area contributed by atoms with Gasteiger partial charge < -0.3 is 44.3 Å². The number of hydrogen-bond donors (Lipinski definition) is 4. The van der Waals surface area contributed by atoms with Crippen LogP contribution in [0.25, 0.3) is 0 Å². The number of esters is 1. The minimum atomic E-state index is -2.51. The Hall–Kier alpha value is -2.52. The van der Waals surface area contributed by atoms with E-state index in [2.05, 4.69) is 20.8 Å². The first-order chi connectivity index (χ1) is 27.3. The molecule has 13 heteroatoms. The standard InChI is InChI=1S/C45H73NO12/c1-25(2)16-32-18-26(3)17-27(4)19-38(55-8)41-39(56-9)21-29(6)45(54,58-41)42(51)43(52)46-15-11-10-12-34(46)44(53)57-40(30(7)36(49)23-37(32)50)28(5)20-31-13-14-35(48)33(22-31)24-47/h18,20,25,27,29-36,38-41,47-49,54H,10-17,19,21-24H2,1-9H3/b26-18+,28-20+/t27-,29+,30+,31-,32+,33-,34-,35+,36-,38-,39-,40+,41+,45+/m0/s1. The number of allylic oxidation sites excluding steroid dienone is 3. The second-order valence-electron chi connectivity index (χ2n) is 18.5. The molecule has 0 aromatic carbocycles. The van der Waals surface area contributed by atoms with Gasteiger partial charge in [0.15, 0.2) is 0 Å². The molecular formula is C45H73NO12. The number of carbonyl (C=O) groups excluding carboxylic acids is 4. The van der Waals surface area contributed by atoms with Gasteiger partial charge in [-0.15, -0.1) is 0 Å². The SMILES string of the molecule is CO[C@H]1C[C@@H](C)C/C(C)=C/[C@@H](CC(C)C)C(=O)C[C@H](O)[C@@H](C)[C@@H](/C(C)=C/[C@@H]2CC[C@@H](O)[C@H](CO)C2)OC(=O)[C@@H]2CCCCN2C(=O)C(=O)[C@]2(O)O[C@H]1[C@@H](OC)C[C@H]2C. The van der Waals surface area contributed by atoms with E-state index in [0.29, 0.717) is 56.9 Å². The van der Waals surface area contributed by atoms with Gasteiger partial charge in [0.25, 0.3) is 11.7 Å². The van der Waals surface area contributed by atoms with Crippen molar-refractivity contribution in [1.82, 2.24) is 4.90 Å². The van der Waals surface area contributed by atoms with Crippen LogP contribution in [0.4, 0.5) is 0 Å². The van der Waals surface area contributed by atoms with Crippen LogP contribution in [-0.4, -0.2) is 125 Å². The van der Waals surface area contributed by atoms with Gasteiger partial charge >= 0.3 is 5.97 Å². The average molecular weight is 820 g/mol. The fourth-order valence-electron chi connectivity index (χ4n) is 9.84. The zero-order chi connectivity index (χ0) is 43.1. The van der Waals surface area contributed by atoms with E-state index in [0.717, 1.165) is 5.57 Å². The monoisotopic (exact) mass is 820 g/mol. The van der Waals surface area contributed by atoms with E-state index in [-0.39, 0.29) is 61.9 Å². The molecule has 2 bridgehead atoms. The Morgan fingerprint density at radius 3 is 2.28 bits per heavy atom. The van der Waals surface area contributed by atoms with E-state index < -0.39 is 83.9 Å². The van der Waals surface area contributed by atoms with E-state index in [1.807, 2.05) is 19.1 Å². The highest BCUT2D eigenvalue weighted by molar-refractivity contribution is 6.39. The van der Waals surface area contributed by atoms with Crippen LogP contribution in [0.3, 0.4) is 0 Å². The Bertz CT molecular complexity index is 1480. The predicted octanol–water partition coefficient (Wildman–Crippen LogP) is 4.70. The van der Waals surface area contributed by atoms with Gasteiger partial charge in [0.2, 0.25) is 5.79 Å².